The highest BCUT2D eigenvalue weighted by Crippen LogP contribution is 2.30. The molecule has 0 aliphatic heterocycles. The third kappa shape index (κ3) is 3.93. The van der Waals surface area contributed by atoms with Crippen LogP contribution >= 0.6 is 0 Å². The molecule has 0 N–H and O–H groups in total. The van der Waals surface area contributed by atoms with Gasteiger partial charge in [-0.1, -0.05) is 49.7 Å². The standard InChI is InChI=1S/C21H25NO/c1-14(2)17-8-9-21(23-5)18(11-17)12-19(13-22)20-10-15(3)6-7-16(20)4/h6-11,14,19H,12H2,1-5H3. The smallest absolute Gasteiger partial charge is 0.122 e. The van der Waals surface area contributed by atoms with Crippen LogP contribution in [0.4, 0.5) is 0 Å². The summed E-state index contributed by atoms with van der Waals surface area (Å²) in [6.07, 6.45) is 0.671. The molecule has 120 valence electrons. The molecule has 2 heteroatoms. The topological polar surface area (TPSA) is 33.0 Å². The monoisotopic (exact) mass is 307 g/mol. The van der Waals surface area contributed by atoms with Gasteiger partial charge in [-0.3, -0.25) is 0 Å². The fourth-order valence-electron chi connectivity index (χ4n) is 2.90. The minimum Gasteiger partial charge on any atom is -0.496 e. The second-order valence-electron chi connectivity index (χ2n) is 6.47. The molecule has 2 nitrogen and oxygen atoms in total. The Bertz CT molecular complexity index is 725. The Morgan fingerprint density at radius 3 is 2.43 bits per heavy atom. The fraction of sp³-hybridized carbons (Fsp3) is 0.381. The van der Waals surface area contributed by atoms with Crippen LogP contribution in [0.1, 0.15) is 53.5 Å². The average Bonchev–Trinajstić information content (AvgIpc) is 2.54. The second kappa shape index (κ2) is 7.33. The highest BCUT2D eigenvalue weighted by atomic mass is 16.5. The maximum absolute atomic E-state index is 9.71. The van der Waals surface area contributed by atoms with E-state index < -0.39 is 0 Å². The molecule has 0 amide bonds. The Kier molecular flexibility index (Phi) is 5.45. The maximum atomic E-state index is 9.71. The summed E-state index contributed by atoms with van der Waals surface area (Å²) in [4.78, 5) is 0. The first kappa shape index (κ1) is 17.1. The molecule has 1 unspecified atom stereocenters. The third-order valence-electron chi connectivity index (χ3n) is 4.36. The van der Waals surface area contributed by atoms with Crippen molar-refractivity contribution >= 4 is 0 Å². The molecule has 0 bridgehead atoms. The Morgan fingerprint density at radius 2 is 1.83 bits per heavy atom. The Morgan fingerprint density at radius 1 is 1.09 bits per heavy atom. The van der Waals surface area contributed by atoms with Crippen LogP contribution in [0.2, 0.25) is 0 Å². The van der Waals surface area contributed by atoms with E-state index >= 15 is 0 Å². The first-order chi connectivity index (χ1) is 11.0. The highest BCUT2D eigenvalue weighted by molar-refractivity contribution is 5.43. The summed E-state index contributed by atoms with van der Waals surface area (Å²) in [6.45, 7) is 8.49. The van der Waals surface area contributed by atoms with Crippen molar-refractivity contribution in [2.75, 3.05) is 7.11 Å². The van der Waals surface area contributed by atoms with Gasteiger partial charge in [-0.2, -0.15) is 5.26 Å². The van der Waals surface area contributed by atoms with Crippen LogP contribution in [-0.2, 0) is 6.42 Å². The van der Waals surface area contributed by atoms with Crippen molar-refractivity contribution in [3.8, 4) is 11.8 Å². The molecule has 0 aliphatic carbocycles. The Hall–Kier alpha value is -2.27. The predicted molar refractivity (Wildman–Crippen MR) is 95.1 cm³/mol. The second-order valence-corrected chi connectivity index (χ2v) is 6.47. The fourth-order valence-corrected chi connectivity index (χ4v) is 2.90. The van der Waals surface area contributed by atoms with Crippen molar-refractivity contribution in [3.05, 3.63) is 64.2 Å². The van der Waals surface area contributed by atoms with E-state index in [9.17, 15) is 5.26 Å². The van der Waals surface area contributed by atoms with E-state index in [-0.39, 0.29) is 5.92 Å². The minimum absolute atomic E-state index is 0.161. The molecule has 2 aromatic carbocycles. The number of methoxy groups -OCH3 is 1. The van der Waals surface area contributed by atoms with E-state index in [4.69, 9.17) is 4.74 Å². The lowest BCUT2D eigenvalue weighted by molar-refractivity contribution is 0.408. The number of rotatable bonds is 5. The number of benzene rings is 2. The van der Waals surface area contributed by atoms with Crippen LogP contribution in [0.3, 0.4) is 0 Å². The molecule has 0 aliphatic rings. The van der Waals surface area contributed by atoms with Gasteiger partial charge in [0.05, 0.1) is 19.1 Å². The van der Waals surface area contributed by atoms with Gasteiger partial charge in [0.25, 0.3) is 0 Å². The Balaban J connectivity index is 2.41. The molecule has 2 aromatic rings. The largest absolute Gasteiger partial charge is 0.496 e. The van der Waals surface area contributed by atoms with Gasteiger partial charge < -0.3 is 4.74 Å². The Labute approximate surface area is 139 Å². The van der Waals surface area contributed by atoms with Gasteiger partial charge in [0.15, 0.2) is 0 Å². The van der Waals surface area contributed by atoms with Crippen LogP contribution in [0.25, 0.3) is 0 Å². The van der Waals surface area contributed by atoms with E-state index in [1.807, 2.05) is 6.07 Å². The zero-order valence-electron chi connectivity index (χ0n) is 14.7. The summed E-state index contributed by atoms with van der Waals surface area (Å²) >= 11 is 0. The van der Waals surface area contributed by atoms with Crippen molar-refractivity contribution in [3.63, 3.8) is 0 Å². The number of nitrogens with zero attached hydrogens (tertiary/aromatic N) is 1. The van der Waals surface area contributed by atoms with Gasteiger partial charge in [-0.15, -0.1) is 0 Å². The molecule has 0 radical (unpaired) electrons. The summed E-state index contributed by atoms with van der Waals surface area (Å²) in [6, 6.07) is 15.1. The van der Waals surface area contributed by atoms with Gasteiger partial charge >= 0.3 is 0 Å². The lowest BCUT2D eigenvalue weighted by atomic mass is 9.88. The first-order valence-electron chi connectivity index (χ1n) is 8.09. The molecular formula is C21H25NO. The minimum atomic E-state index is -0.161. The van der Waals surface area contributed by atoms with E-state index in [1.54, 1.807) is 7.11 Å². The SMILES string of the molecule is COc1ccc(C(C)C)cc1CC(C#N)c1cc(C)ccc1C. The number of hydrogen-bond donors (Lipinski definition) is 0. The van der Waals surface area contributed by atoms with Crippen LogP contribution in [0.15, 0.2) is 36.4 Å². The van der Waals surface area contributed by atoms with Crippen molar-refractivity contribution in [2.24, 2.45) is 0 Å². The van der Waals surface area contributed by atoms with Crippen molar-refractivity contribution < 1.29 is 4.74 Å². The van der Waals surface area contributed by atoms with Crippen LogP contribution in [0, 0.1) is 25.2 Å². The van der Waals surface area contributed by atoms with Crippen molar-refractivity contribution in [1.82, 2.24) is 0 Å². The van der Waals surface area contributed by atoms with Gasteiger partial charge in [0.2, 0.25) is 0 Å². The van der Waals surface area contributed by atoms with E-state index in [0.717, 1.165) is 16.9 Å². The first-order valence-corrected chi connectivity index (χ1v) is 8.09. The highest BCUT2D eigenvalue weighted by Gasteiger charge is 2.17. The van der Waals surface area contributed by atoms with Crippen LogP contribution in [0.5, 0.6) is 5.75 Å². The number of hydrogen-bond acceptors (Lipinski definition) is 2. The summed E-state index contributed by atoms with van der Waals surface area (Å²) in [5.41, 5.74) is 5.85. The van der Waals surface area contributed by atoms with Gasteiger partial charge in [0.1, 0.15) is 5.75 Å². The molecule has 0 saturated carbocycles. The number of nitriles is 1. The quantitative estimate of drug-likeness (QED) is 0.752. The summed E-state index contributed by atoms with van der Waals surface area (Å²) < 4.78 is 5.51. The lowest BCUT2D eigenvalue weighted by Crippen LogP contribution is -2.05. The molecule has 1 atom stereocenters. The zero-order valence-corrected chi connectivity index (χ0v) is 14.7. The third-order valence-corrected chi connectivity index (χ3v) is 4.36. The number of ether oxygens (including phenoxy) is 1. The molecule has 0 fully saturated rings. The molecule has 0 heterocycles. The van der Waals surface area contributed by atoms with Gasteiger partial charge in [-0.05, 0) is 54.5 Å². The van der Waals surface area contributed by atoms with Crippen LogP contribution < -0.4 is 4.74 Å². The average molecular weight is 307 g/mol. The molecule has 0 saturated heterocycles. The summed E-state index contributed by atoms with van der Waals surface area (Å²) in [5.74, 6) is 1.16. The van der Waals surface area contributed by atoms with E-state index in [1.165, 1.54) is 16.7 Å². The van der Waals surface area contributed by atoms with Crippen LogP contribution in [-0.4, -0.2) is 7.11 Å². The number of aryl methyl sites for hydroxylation is 2. The van der Waals surface area contributed by atoms with Gasteiger partial charge in [-0.25, -0.2) is 0 Å². The predicted octanol–water partition coefficient (Wildman–Crippen LogP) is 5.29. The summed E-state index contributed by atoms with van der Waals surface area (Å²) in [7, 11) is 1.69. The zero-order chi connectivity index (χ0) is 17.0. The molecular weight excluding hydrogens is 282 g/mol. The summed E-state index contributed by atoms with van der Waals surface area (Å²) in [5, 5.41) is 9.71. The van der Waals surface area contributed by atoms with E-state index in [0.29, 0.717) is 12.3 Å². The van der Waals surface area contributed by atoms with Crippen molar-refractivity contribution in [1.29, 1.82) is 5.26 Å². The molecule has 23 heavy (non-hydrogen) atoms. The maximum Gasteiger partial charge on any atom is 0.122 e. The lowest BCUT2D eigenvalue weighted by Gasteiger charge is -2.17. The van der Waals surface area contributed by atoms with E-state index in [2.05, 4.69) is 64.1 Å². The molecule has 2 rings (SSSR count). The normalized spacial score (nSPS) is 12.0. The van der Waals surface area contributed by atoms with Crippen molar-refractivity contribution in [2.45, 2.75) is 46.0 Å². The molecule has 0 spiro atoms. The molecule has 0 aromatic heterocycles. The van der Waals surface area contributed by atoms with Gasteiger partial charge in [0, 0.05) is 0 Å².